The molecule has 0 fully saturated rings. The summed E-state index contributed by atoms with van der Waals surface area (Å²) >= 11 is 1.40. The van der Waals surface area contributed by atoms with Crippen molar-refractivity contribution < 1.29 is 4.74 Å². The van der Waals surface area contributed by atoms with Crippen molar-refractivity contribution in [2.24, 2.45) is 0 Å². The normalized spacial score (nSPS) is 12.1. The van der Waals surface area contributed by atoms with Crippen molar-refractivity contribution in [1.29, 1.82) is 0 Å². The number of aromatic nitrogens is 2. The number of ether oxygens (including phenoxy) is 1. The molecule has 0 bridgehead atoms. The third-order valence-electron chi connectivity index (χ3n) is 2.78. The molecule has 0 aromatic carbocycles. The van der Waals surface area contributed by atoms with Gasteiger partial charge in [0.1, 0.15) is 5.60 Å². The van der Waals surface area contributed by atoms with E-state index in [0.29, 0.717) is 6.04 Å². The Balaban J connectivity index is 2.90. The molecular weight excluding hydrogens is 222 g/mol. The molecule has 0 aliphatic heterocycles. The molecule has 0 saturated carbocycles. The fourth-order valence-electron chi connectivity index (χ4n) is 1.66. The summed E-state index contributed by atoms with van der Waals surface area (Å²) in [6.45, 7) is 8.38. The van der Waals surface area contributed by atoms with Gasteiger partial charge in [0.25, 0.3) is 0 Å². The van der Waals surface area contributed by atoms with Crippen LogP contribution in [0, 0.1) is 0 Å². The van der Waals surface area contributed by atoms with Gasteiger partial charge in [-0.3, -0.25) is 0 Å². The summed E-state index contributed by atoms with van der Waals surface area (Å²) in [6, 6.07) is 0.376. The van der Waals surface area contributed by atoms with Gasteiger partial charge < -0.3 is 10.1 Å². The molecule has 4 nitrogen and oxygen atoms in total. The molecule has 1 heterocycles. The van der Waals surface area contributed by atoms with Crippen LogP contribution in [0.15, 0.2) is 0 Å². The lowest BCUT2D eigenvalue weighted by molar-refractivity contribution is -0.0281. The predicted octanol–water partition coefficient (Wildman–Crippen LogP) is 3.02. The molecular formula is C11H21N3OS. The molecule has 0 unspecified atom stereocenters. The van der Waals surface area contributed by atoms with Gasteiger partial charge in [0.2, 0.25) is 5.13 Å². The van der Waals surface area contributed by atoms with E-state index in [1.54, 1.807) is 7.11 Å². The summed E-state index contributed by atoms with van der Waals surface area (Å²) in [5, 5.41) is 4.13. The maximum Gasteiger partial charge on any atom is 0.202 e. The summed E-state index contributed by atoms with van der Waals surface area (Å²) in [4.78, 5) is 4.51. The van der Waals surface area contributed by atoms with Crippen molar-refractivity contribution >= 4 is 16.7 Å². The van der Waals surface area contributed by atoms with E-state index in [0.717, 1.165) is 23.8 Å². The third kappa shape index (κ3) is 2.71. The van der Waals surface area contributed by atoms with E-state index in [-0.39, 0.29) is 5.60 Å². The number of anilines is 1. The van der Waals surface area contributed by atoms with Crippen molar-refractivity contribution in [3.8, 4) is 0 Å². The lowest BCUT2D eigenvalue weighted by Crippen LogP contribution is -2.28. The zero-order valence-electron chi connectivity index (χ0n) is 10.7. The predicted molar refractivity (Wildman–Crippen MR) is 67.9 cm³/mol. The molecule has 5 heteroatoms. The maximum absolute atomic E-state index is 5.59. The number of hydrogen-bond acceptors (Lipinski definition) is 5. The second-order valence-corrected chi connectivity index (χ2v) is 4.88. The lowest BCUT2D eigenvalue weighted by atomic mass is 9.96. The molecule has 1 aromatic heterocycles. The zero-order chi connectivity index (χ0) is 12.2. The standard InChI is InChI=1S/C11H21N3OS/c1-6-11(7-2,15-5)9-13-10(16-14-9)12-8(3)4/h8H,6-7H2,1-5H3,(H,12,13,14). The van der Waals surface area contributed by atoms with E-state index in [9.17, 15) is 0 Å². The highest BCUT2D eigenvalue weighted by Gasteiger charge is 2.32. The van der Waals surface area contributed by atoms with Crippen LogP contribution in [0.3, 0.4) is 0 Å². The van der Waals surface area contributed by atoms with Gasteiger partial charge in [0, 0.05) is 24.7 Å². The molecule has 0 aliphatic carbocycles. The van der Waals surface area contributed by atoms with Gasteiger partial charge >= 0.3 is 0 Å². The molecule has 1 aromatic rings. The minimum Gasteiger partial charge on any atom is -0.370 e. The highest BCUT2D eigenvalue weighted by molar-refractivity contribution is 7.09. The molecule has 1 N–H and O–H groups in total. The SMILES string of the molecule is CCC(CC)(OC)c1nsc(NC(C)C)n1. The van der Waals surface area contributed by atoms with Crippen LogP contribution in [0.2, 0.25) is 0 Å². The monoisotopic (exact) mass is 243 g/mol. The number of methoxy groups -OCH3 is 1. The van der Waals surface area contributed by atoms with Crippen LogP contribution in [-0.2, 0) is 10.3 Å². The lowest BCUT2D eigenvalue weighted by Gasteiger charge is -2.26. The van der Waals surface area contributed by atoms with Gasteiger partial charge in [-0.05, 0) is 26.7 Å². The van der Waals surface area contributed by atoms with Crippen LogP contribution in [0.5, 0.6) is 0 Å². The first kappa shape index (κ1) is 13.4. The summed E-state index contributed by atoms with van der Waals surface area (Å²) in [5.41, 5.74) is -0.326. The quantitative estimate of drug-likeness (QED) is 0.834. The Morgan fingerprint density at radius 2 is 2.00 bits per heavy atom. The van der Waals surface area contributed by atoms with Crippen molar-refractivity contribution in [3.63, 3.8) is 0 Å². The van der Waals surface area contributed by atoms with Crippen LogP contribution < -0.4 is 5.32 Å². The van der Waals surface area contributed by atoms with Gasteiger partial charge in [0.05, 0.1) is 0 Å². The van der Waals surface area contributed by atoms with E-state index in [1.807, 2.05) is 0 Å². The smallest absolute Gasteiger partial charge is 0.202 e. The molecule has 0 saturated heterocycles. The van der Waals surface area contributed by atoms with Gasteiger partial charge in [-0.25, -0.2) is 4.98 Å². The van der Waals surface area contributed by atoms with Crippen molar-refractivity contribution in [3.05, 3.63) is 5.82 Å². The summed E-state index contributed by atoms with van der Waals surface area (Å²) in [5.74, 6) is 0.799. The third-order valence-corrected chi connectivity index (χ3v) is 3.42. The highest BCUT2D eigenvalue weighted by Crippen LogP contribution is 2.32. The molecule has 0 amide bonds. The van der Waals surface area contributed by atoms with Gasteiger partial charge in [-0.1, -0.05) is 13.8 Å². The largest absolute Gasteiger partial charge is 0.370 e. The Morgan fingerprint density at radius 3 is 2.44 bits per heavy atom. The average molecular weight is 243 g/mol. The van der Waals surface area contributed by atoms with Crippen molar-refractivity contribution in [1.82, 2.24) is 9.36 Å². The Bertz CT molecular complexity index is 313. The number of nitrogens with one attached hydrogen (secondary N) is 1. The van der Waals surface area contributed by atoms with Crippen LogP contribution in [0.25, 0.3) is 0 Å². The minimum atomic E-state index is -0.326. The molecule has 0 atom stereocenters. The summed E-state index contributed by atoms with van der Waals surface area (Å²) < 4.78 is 9.99. The Kier molecular flexibility index (Phi) is 4.68. The molecule has 92 valence electrons. The fourth-order valence-corrected chi connectivity index (χ4v) is 2.46. The van der Waals surface area contributed by atoms with Crippen LogP contribution in [0.4, 0.5) is 5.13 Å². The Morgan fingerprint density at radius 1 is 1.38 bits per heavy atom. The molecule has 1 rings (SSSR count). The van der Waals surface area contributed by atoms with Crippen LogP contribution in [0.1, 0.15) is 46.4 Å². The minimum absolute atomic E-state index is 0.326. The Hall–Kier alpha value is -0.680. The van der Waals surface area contributed by atoms with E-state index in [2.05, 4.69) is 42.4 Å². The van der Waals surface area contributed by atoms with E-state index >= 15 is 0 Å². The topological polar surface area (TPSA) is 47.0 Å². The highest BCUT2D eigenvalue weighted by atomic mass is 32.1. The van der Waals surface area contributed by atoms with E-state index in [4.69, 9.17) is 4.74 Å². The number of nitrogens with zero attached hydrogens (tertiary/aromatic N) is 2. The first-order chi connectivity index (χ1) is 7.57. The average Bonchev–Trinajstić information content (AvgIpc) is 2.70. The van der Waals surface area contributed by atoms with E-state index in [1.165, 1.54) is 11.5 Å². The maximum atomic E-state index is 5.59. The summed E-state index contributed by atoms with van der Waals surface area (Å²) in [6.07, 6.45) is 1.77. The van der Waals surface area contributed by atoms with E-state index < -0.39 is 0 Å². The van der Waals surface area contributed by atoms with Crippen molar-refractivity contribution in [2.45, 2.75) is 52.2 Å². The van der Waals surface area contributed by atoms with Crippen molar-refractivity contribution in [2.75, 3.05) is 12.4 Å². The number of hydrogen-bond donors (Lipinski definition) is 1. The second kappa shape index (κ2) is 5.59. The molecule has 16 heavy (non-hydrogen) atoms. The first-order valence-corrected chi connectivity index (χ1v) is 6.51. The second-order valence-electron chi connectivity index (χ2n) is 4.13. The molecule has 0 aliphatic rings. The summed E-state index contributed by atoms with van der Waals surface area (Å²) in [7, 11) is 1.73. The zero-order valence-corrected chi connectivity index (χ0v) is 11.5. The Labute approximate surface area is 102 Å². The van der Waals surface area contributed by atoms with Gasteiger partial charge in [-0.2, -0.15) is 4.37 Å². The first-order valence-electron chi connectivity index (χ1n) is 5.73. The fraction of sp³-hybridized carbons (Fsp3) is 0.818. The van der Waals surface area contributed by atoms with Gasteiger partial charge in [-0.15, -0.1) is 0 Å². The number of rotatable bonds is 6. The van der Waals surface area contributed by atoms with Crippen LogP contribution >= 0.6 is 11.5 Å². The molecule has 0 radical (unpaired) electrons. The van der Waals surface area contributed by atoms with Crippen LogP contribution in [-0.4, -0.2) is 22.5 Å². The van der Waals surface area contributed by atoms with Gasteiger partial charge in [0.15, 0.2) is 5.82 Å². The molecule has 0 spiro atoms.